The van der Waals surface area contributed by atoms with Gasteiger partial charge in [0, 0.05) is 11.9 Å². The van der Waals surface area contributed by atoms with Crippen LogP contribution < -0.4 is 11.1 Å². The van der Waals surface area contributed by atoms with Crippen molar-refractivity contribution >= 4 is 33.8 Å². The Morgan fingerprint density at radius 1 is 1.46 bits per heavy atom. The Kier molecular flexibility index (Phi) is 4.95. The summed E-state index contributed by atoms with van der Waals surface area (Å²) in [7, 11) is 0. The predicted octanol–water partition coefficient (Wildman–Crippen LogP) is 1.43. The Morgan fingerprint density at radius 2 is 2.08 bits per heavy atom. The number of nitrogens with two attached hydrogens (primary N) is 1. The number of carbonyl (C=O) groups excluding carboxylic acids is 2. The molecule has 1 saturated heterocycles. The molecule has 1 aliphatic rings. The van der Waals surface area contributed by atoms with Gasteiger partial charge in [0.05, 0.1) is 0 Å². The lowest BCUT2D eigenvalue weighted by atomic mass is 9.88. The van der Waals surface area contributed by atoms with Gasteiger partial charge in [0.1, 0.15) is 28.1 Å². The summed E-state index contributed by atoms with van der Waals surface area (Å²) in [6.07, 6.45) is -4.65. The van der Waals surface area contributed by atoms with Gasteiger partial charge in [0.2, 0.25) is 0 Å². The van der Waals surface area contributed by atoms with E-state index in [4.69, 9.17) is 10.5 Å². The maximum Gasteiger partial charge on any atom is 0.417 e. The minimum absolute atomic E-state index is 0.0731. The minimum Gasteiger partial charge on any atom is -0.364 e. The summed E-state index contributed by atoms with van der Waals surface area (Å²) in [6, 6.07) is 2.63. The lowest BCUT2D eigenvalue weighted by Crippen LogP contribution is -2.47. The molecule has 0 spiro atoms. The largest absolute Gasteiger partial charge is 0.417 e. The summed E-state index contributed by atoms with van der Waals surface area (Å²) < 4.78 is 44.1. The fourth-order valence-electron chi connectivity index (χ4n) is 2.49. The van der Waals surface area contributed by atoms with Crippen molar-refractivity contribution in [2.45, 2.75) is 36.5 Å². The first-order valence-corrected chi connectivity index (χ1v) is 7.71. The molecule has 2 radical (unpaired) electrons. The van der Waals surface area contributed by atoms with Crippen molar-refractivity contribution in [3.05, 3.63) is 24.0 Å². The van der Waals surface area contributed by atoms with Gasteiger partial charge in [0.15, 0.2) is 5.60 Å². The van der Waals surface area contributed by atoms with Gasteiger partial charge in [0.25, 0.3) is 11.8 Å². The van der Waals surface area contributed by atoms with Crippen molar-refractivity contribution in [1.82, 2.24) is 4.98 Å². The van der Waals surface area contributed by atoms with Crippen LogP contribution in [0.25, 0.3) is 0 Å². The highest BCUT2D eigenvalue weighted by Gasteiger charge is 2.63. The molecule has 24 heavy (non-hydrogen) atoms. The van der Waals surface area contributed by atoms with Gasteiger partial charge >= 0.3 is 6.18 Å². The van der Waals surface area contributed by atoms with E-state index in [1.807, 2.05) is 0 Å². The highest BCUT2D eigenvalue weighted by molar-refractivity contribution is 6.16. The fourth-order valence-corrected chi connectivity index (χ4v) is 3.11. The molecule has 0 saturated carbocycles. The van der Waals surface area contributed by atoms with Crippen LogP contribution in [-0.4, -0.2) is 51.0 Å². The number of ether oxygens (including phenoxy) is 1. The van der Waals surface area contributed by atoms with Gasteiger partial charge in [-0.2, -0.15) is 13.2 Å². The number of nitrogens with one attached hydrogen (secondary N) is 1. The fraction of sp³-hybridized carbons (Fsp3) is 0.500. The zero-order chi connectivity index (χ0) is 18.3. The van der Waals surface area contributed by atoms with Crippen LogP contribution in [0.15, 0.2) is 18.3 Å². The van der Waals surface area contributed by atoms with Crippen LogP contribution in [0.5, 0.6) is 0 Å². The third-order valence-corrected chi connectivity index (χ3v) is 5.20. The molecule has 0 bridgehead atoms. The van der Waals surface area contributed by atoms with E-state index in [0.29, 0.717) is 0 Å². The first kappa shape index (κ1) is 18.7. The summed E-state index contributed by atoms with van der Waals surface area (Å²) in [5, 5.41) is 2.43. The lowest BCUT2D eigenvalue weighted by molar-refractivity contribution is -0.272. The molecule has 0 aliphatic carbocycles. The van der Waals surface area contributed by atoms with Gasteiger partial charge in [-0.25, -0.2) is 0 Å². The second-order valence-electron chi connectivity index (χ2n) is 5.79. The van der Waals surface area contributed by atoms with Crippen molar-refractivity contribution in [3.63, 3.8) is 0 Å². The number of rotatable bonds is 3. The van der Waals surface area contributed by atoms with Crippen LogP contribution in [-0.2, 0) is 9.53 Å². The summed E-state index contributed by atoms with van der Waals surface area (Å²) >= 11 is 2.24. The van der Waals surface area contributed by atoms with Crippen LogP contribution >= 0.6 is 0 Å². The van der Waals surface area contributed by atoms with E-state index in [1.54, 1.807) is 0 Å². The maximum absolute atomic E-state index is 13.2. The molecule has 4 atom stereocenters. The molecule has 3 N–H and O–H groups in total. The SMILES string of the molecule is C[C@H]1[C@@H]([Al])C(C(=O)Nc2ccnc(C(N)=O)c2)O[C@@]1(C)C(F)(F)F. The zero-order valence-corrected chi connectivity index (χ0v) is 14.1. The summed E-state index contributed by atoms with van der Waals surface area (Å²) in [6.45, 7) is 2.32. The Hall–Kier alpha value is -1.63. The first-order chi connectivity index (χ1) is 11.0. The number of amides is 2. The summed E-state index contributed by atoms with van der Waals surface area (Å²) in [5.74, 6) is -2.46. The van der Waals surface area contributed by atoms with Gasteiger partial charge in [-0.15, -0.1) is 0 Å². The molecule has 1 aromatic heterocycles. The Morgan fingerprint density at radius 3 is 2.58 bits per heavy atom. The summed E-state index contributed by atoms with van der Waals surface area (Å²) in [4.78, 5) is 27.1. The smallest absolute Gasteiger partial charge is 0.364 e. The highest BCUT2D eigenvalue weighted by atomic mass is 27.0. The second kappa shape index (κ2) is 6.35. The number of primary amides is 1. The predicted molar refractivity (Wildman–Crippen MR) is 79.4 cm³/mol. The van der Waals surface area contributed by atoms with E-state index < -0.39 is 40.4 Å². The number of nitrogens with zero attached hydrogens (tertiary/aromatic N) is 1. The molecule has 10 heteroatoms. The molecular formula is C14H15AlF3N3O3. The van der Waals surface area contributed by atoms with Crippen molar-refractivity contribution < 1.29 is 27.5 Å². The number of pyridine rings is 1. The lowest BCUT2D eigenvalue weighted by Gasteiger charge is -2.31. The average molecular weight is 357 g/mol. The number of hydrogen-bond donors (Lipinski definition) is 2. The topological polar surface area (TPSA) is 94.3 Å². The normalized spacial score (nSPS) is 30.1. The van der Waals surface area contributed by atoms with Crippen LogP contribution in [0, 0.1) is 5.92 Å². The molecule has 0 aromatic carbocycles. The third kappa shape index (κ3) is 3.27. The summed E-state index contributed by atoms with van der Waals surface area (Å²) in [5.41, 5.74) is 2.79. The Bertz CT molecular complexity index is 670. The Balaban J connectivity index is 2.19. The van der Waals surface area contributed by atoms with Gasteiger partial charge in [-0.1, -0.05) is 11.7 Å². The van der Waals surface area contributed by atoms with E-state index >= 15 is 0 Å². The monoisotopic (exact) mass is 357 g/mol. The zero-order valence-electron chi connectivity index (χ0n) is 12.9. The number of anilines is 1. The molecule has 2 amide bonds. The number of aromatic nitrogens is 1. The number of carbonyl (C=O) groups is 2. The minimum atomic E-state index is -4.61. The van der Waals surface area contributed by atoms with Crippen LogP contribution in [0.1, 0.15) is 24.3 Å². The van der Waals surface area contributed by atoms with Crippen molar-refractivity contribution in [2.24, 2.45) is 11.7 Å². The van der Waals surface area contributed by atoms with Gasteiger partial charge < -0.3 is 15.8 Å². The molecule has 1 aromatic rings. The number of halogens is 3. The Labute approximate surface area is 144 Å². The molecular weight excluding hydrogens is 342 g/mol. The average Bonchev–Trinajstić information content (AvgIpc) is 2.72. The number of alkyl halides is 3. The second-order valence-corrected chi connectivity index (χ2v) is 6.56. The van der Waals surface area contributed by atoms with Crippen LogP contribution in [0.4, 0.5) is 18.9 Å². The van der Waals surface area contributed by atoms with E-state index in [2.05, 4.69) is 26.6 Å². The molecule has 1 fully saturated rings. The highest BCUT2D eigenvalue weighted by Crippen LogP contribution is 2.51. The number of hydrogen-bond acceptors (Lipinski definition) is 4. The van der Waals surface area contributed by atoms with Gasteiger partial charge in [-0.3, -0.25) is 14.6 Å². The van der Waals surface area contributed by atoms with Crippen molar-refractivity contribution in [1.29, 1.82) is 0 Å². The third-order valence-electron chi connectivity index (χ3n) is 4.27. The van der Waals surface area contributed by atoms with E-state index in [-0.39, 0.29) is 11.4 Å². The van der Waals surface area contributed by atoms with Crippen LogP contribution in [0.2, 0.25) is 4.78 Å². The van der Waals surface area contributed by atoms with E-state index in [9.17, 15) is 22.8 Å². The van der Waals surface area contributed by atoms with E-state index in [0.717, 1.165) is 6.92 Å². The van der Waals surface area contributed by atoms with Crippen molar-refractivity contribution in [2.75, 3.05) is 5.32 Å². The van der Waals surface area contributed by atoms with Crippen molar-refractivity contribution in [3.8, 4) is 0 Å². The molecule has 128 valence electrons. The molecule has 2 rings (SSSR count). The van der Waals surface area contributed by atoms with Gasteiger partial charge in [-0.05, 0) is 25.0 Å². The first-order valence-electron chi connectivity index (χ1n) is 7.04. The molecule has 6 nitrogen and oxygen atoms in total. The standard InChI is InChI=1S/C14H15F3N3O3.Al/c1-7-5-10(23-13(7,2)14(15,16)17)12(22)20-8-3-4-19-9(6-8)11(18)21;/h3-7,10H,1-2H3,(H2,18,21)(H,19,20,22);/t7-,10?,13+;/m0./s1. The van der Waals surface area contributed by atoms with Crippen LogP contribution in [0.3, 0.4) is 0 Å². The molecule has 1 aliphatic heterocycles. The molecule has 2 heterocycles. The maximum atomic E-state index is 13.2. The molecule has 1 unspecified atom stereocenters. The quantitative estimate of drug-likeness (QED) is 0.801. The van der Waals surface area contributed by atoms with E-state index in [1.165, 1.54) is 25.3 Å².